The van der Waals surface area contributed by atoms with E-state index in [1.807, 2.05) is 13.0 Å². The molecule has 4 N–H and O–H groups in total. The fourth-order valence-corrected chi connectivity index (χ4v) is 4.12. The highest BCUT2D eigenvalue weighted by molar-refractivity contribution is 7.97. The lowest BCUT2D eigenvalue weighted by Crippen LogP contribution is -2.21. The van der Waals surface area contributed by atoms with Crippen LogP contribution in [0.3, 0.4) is 0 Å². The van der Waals surface area contributed by atoms with Gasteiger partial charge in [0.05, 0.1) is 22.7 Å². The minimum atomic E-state index is -1.26. The molecular weight excluding hydrogens is 474 g/mol. The van der Waals surface area contributed by atoms with Crippen LogP contribution in [0.2, 0.25) is 0 Å². The second kappa shape index (κ2) is 10.7. The first-order valence-corrected chi connectivity index (χ1v) is 11.9. The largest absolute Gasteiger partial charge is 0.455 e. The molecule has 0 saturated heterocycles. The lowest BCUT2D eigenvalue weighted by molar-refractivity contribution is 0.0980. The average molecular weight is 501 g/mol. The van der Waals surface area contributed by atoms with E-state index in [9.17, 15) is 18.4 Å². The Morgan fingerprint density at radius 2 is 1.97 bits per heavy atom. The van der Waals surface area contributed by atoms with Gasteiger partial charge in [0.25, 0.3) is 5.91 Å². The number of aliphatic imine (C=N–C) groups is 1. The monoisotopic (exact) mass is 500 g/mol. The maximum atomic E-state index is 14.6. The molecule has 7 nitrogen and oxygen atoms in total. The molecule has 3 aromatic rings. The third kappa shape index (κ3) is 5.07. The predicted octanol–water partition coefficient (Wildman–Crippen LogP) is 4.87. The van der Waals surface area contributed by atoms with Crippen molar-refractivity contribution < 1.29 is 18.0 Å². The smallest absolute Gasteiger partial charge is 0.266 e. The van der Waals surface area contributed by atoms with E-state index >= 15 is 0 Å². The highest BCUT2D eigenvalue weighted by Gasteiger charge is 2.24. The van der Waals surface area contributed by atoms with Crippen LogP contribution in [-0.4, -0.2) is 25.4 Å². The van der Waals surface area contributed by atoms with Gasteiger partial charge in [-0.3, -0.25) is 19.3 Å². The van der Waals surface area contributed by atoms with Crippen molar-refractivity contribution in [2.45, 2.75) is 26.8 Å². The number of fused-ring (bicyclic) bond motifs is 1. The van der Waals surface area contributed by atoms with E-state index in [-0.39, 0.29) is 16.9 Å². The summed E-state index contributed by atoms with van der Waals surface area (Å²) in [6.45, 7) is 5.25. The fourth-order valence-electron chi connectivity index (χ4n) is 3.83. The van der Waals surface area contributed by atoms with Crippen molar-refractivity contribution in [3.8, 4) is 0 Å². The summed E-state index contributed by atoms with van der Waals surface area (Å²) in [4.78, 5) is 29.6. The number of nitrogens with zero attached hydrogens (tertiary/aromatic N) is 1. The second-order valence-electron chi connectivity index (χ2n) is 7.91. The number of nitrogens with one attached hydrogen (secondary N) is 2. The molecule has 0 fully saturated rings. The molecule has 2 aromatic carbocycles. The van der Waals surface area contributed by atoms with E-state index in [1.54, 1.807) is 33.2 Å². The predicted molar refractivity (Wildman–Crippen MR) is 138 cm³/mol. The SMILES string of the molecule is CN=C/C(=C\N)c1oc2c(C(C)Nc3ccc(F)c(F)c3C(=O)NSC)cc(C)cc2c(=O)c1C. The number of nitrogens with two attached hydrogens (primary N) is 1. The van der Waals surface area contributed by atoms with Gasteiger partial charge in [-0.25, -0.2) is 8.78 Å². The minimum Gasteiger partial charge on any atom is -0.455 e. The molecule has 10 heteroatoms. The van der Waals surface area contributed by atoms with Gasteiger partial charge in [-0.15, -0.1) is 0 Å². The number of rotatable bonds is 7. The van der Waals surface area contributed by atoms with Crippen molar-refractivity contribution in [2.75, 3.05) is 18.6 Å². The summed E-state index contributed by atoms with van der Waals surface area (Å²) in [5, 5.41) is 3.44. The van der Waals surface area contributed by atoms with E-state index in [2.05, 4.69) is 15.0 Å². The molecule has 0 aliphatic heterocycles. The molecular formula is C25H26F2N4O3S. The zero-order valence-corrected chi connectivity index (χ0v) is 20.8. The first-order chi connectivity index (χ1) is 16.6. The minimum absolute atomic E-state index is 0.0907. The summed E-state index contributed by atoms with van der Waals surface area (Å²) < 4.78 is 37.1. The molecule has 0 saturated carbocycles. The lowest BCUT2D eigenvalue weighted by Gasteiger charge is -2.21. The summed E-state index contributed by atoms with van der Waals surface area (Å²) in [6.07, 6.45) is 4.39. The quantitative estimate of drug-likeness (QED) is 0.315. The topological polar surface area (TPSA) is 110 Å². The van der Waals surface area contributed by atoms with Gasteiger partial charge < -0.3 is 15.5 Å². The molecule has 35 heavy (non-hydrogen) atoms. The van der Waals surface area contributed by atoms with Crippen LogP contribution in [0.4, 0.5) is 14.5 Å². The van der Waals surface area contributed by atoms with Crippen LogP contribution in [0, 0.1) is 25.5 Å². The Balaban J connectivity index is 2.21. The number of hydrogen-bond donors (Lipinski definition) is 3. The summed E-state index contributed by atoms with van der Waals surface area (Å²) in [5.41, 5.74) is 7.67. The molecule has 1 amide bonds. The van der Waals surface area contributed by atoms with Crippen molar-refractivity contribution in [1.29, 1.82) is 0 Å². The summed E-state index contributed by atoms with van der Waals surface area (Å²) >= 11 is 0.968. The van der Waals surface area contributed by atoms with E-state index < -0.39 is 29.1 Å². The average Bonchev–Trinajstić information content (AvgIpc) is 2.82. The Hall–Kier alpha value is -3.66. The Morgan fingerprint density at radius 3 is 2.60 bits per heavy atom. The second-order valence-corrected chi connectivity index (χ2v) is 8.52. The van der Waals surface area contributed by atoms with Gasteiger partial charge in [-0.2, -0.15) is 0 Å². The van der Waals surface area contributed by atoms with Gasteiger partial charge in [-0.05, 0) is 44.5 Å². The third-order valence-electron chi connectivity index (χ3n) is 5.46. The first kappa shape index (κ1) is 26.0. The first-order valence-electron chi connectivity index (χ1n) is 10.6. The molecule has 0 spiro atoms. The number of anilines is 1. The van der Waals surface area contributed by atoms with Gasteiger partial charge in [0, 0.05) is 36.8 Å². The van der Waals surface area contributed by atoms with Gasteiger partial charge >= 0.3 is 0 Å². The maximum absolute atomic E-state index is 14.6. The van der Waals surface area contributed by atoms with Crippen LogP contribution in [-0.2, 0) is 0 Å². The number of hydrogen-bond acceptors (Lipinski definition) is 7. The Morgan fingerprint density at radius 1 is 1.26 bits per heavy atom. The van der Waals surface area contributed by atoms with E-state index in [0.717, 1.165) is 23.6 Å². The fraction of sp³-hybridized carbons (Fsp3) is 0.240. The zero-order valence-electron chi connectivity index (χ0n) is 20.0. The molecule has 0 aliphatic carbocycles. The van der Waals surface area contributed by atoms with Gasteiger partial charge in [0.2, 0.25) is 0 Å². The van der Waals surface area contributed by atoms with E-state index in [1.165, 1.54) is 18.5 Å². The van der Waals surface area contributed by atoms with Crippen LogP contribution in [0.5, 0.6) is 0 Å². The van der Waals surface area contributed by atoms with Gasteiger partial charge in [-0.1, -0.05) is 18.0 Å². The number of carbonyl (C=O) groups is 1. The van der Waals surface area contributed by atoms with Crippen LogP contribution in [0.25, 0.3) is 16.5 Å². The number of halogens is 2. The number of carbonyl (C=O) groups excluding carboxylic acids is 1. The Labute approximate surface area is 205 Å². The van der Waals surface area contributed by atoms with Crippen LogP contribution in [0.15, 0.2) is 44.7 Å². The lowest BCUT2D eigenvalue weighted by atomic mass is 9.98. The summed E-state index contributed by atoms with van der Waals surface area (Å²) in [6, 6.07) is 5.22. The summed E-state index contributed by atoms with van der Waals surface area (Å²) in [5.74, 6) is -2.90. The number of aryl methyl sites for hydroxylation is 1. The molecule has 1 atom stereocenters. The highest BCUT2D eigenvalue weighted by atomic mass is 32.2. The van der Waals surface area contributed by atoms with E-state index in [0.29, 0.717) is 27.7 Å². The molecule has 0 aliphatic rings. The molecule has 184 valence electrons. The van der Waals surface area contributed by atoms with Crippen molar-refractivity contribution in [1.82, 2.24) is 4.72 Å². The Bertz CT molecular complexity index is 1420. The van der Waals surface area contributed by atoms with Gasteiger partial charge in [0.1, 0.15) is 16.9 Å². The van der Waals surface area contributed by atoms with Crippen LogP contribution in [0.1, 0.15) is 45.8 Å². The maximum Gasteiger partial charge on any atom is 0.266 e. The van der Waals surface area contributed by atoms with Gasteiger partial charge in [0.15, 0.2) is 17.1 Å². The highest BCUT2D eigenvalue weighted by Crippen LogP contribution is 2.32. The molecule has 1 heterocycles. The van der Waals surface area contributed by atoms with E-state index in [4.69, 9.17) is 10.2 Å². The summed E-state index contributed by atoms with van der Waals surface area (Å²) in [7, 11) is 1.57. The standard InChI is InChI=1S/C25H26F2N4O3S/c1-12-8-16(14(3)30-19-7-6-18(26)21(27)20(19)25(33)31-35-5)24-17(9-12)22(32)13(2)23(34-24)15(10-28)11-29-4/h6-11,14,30H,28H2,1-5H3,(H,31,33)/b15-10+,29-11?. The van der Waals surface area contributed by atoms with Crippen LogP contribution >= 0.6 is 11.9 Å². The third-order valence-corrected chi connectivity index (χ3v) is 5.85. The zero-order chi connectivity index (χ0) is 25.9. The molecule has 0 radical (unpaired) electrons. The number of allylic oxidation sites excluding steroid dienone is 1. The van der Waals surface area contributed by atoms with Crippen molar-refractivity contribution in [2.24, 2.45) is 10.7 Å². The molecule has 1 aromatic heterocycles. The molecule has 1 unspecified atom stereocenters. The van der Waals surface area contributed by atoms with Crippen molar-refractivity contribution in [3.05, 3.63) is 80.3 Å². The number of amides is 1. The van der Waals surface area contributed by atoms with Crippen molar-refractivity contribution in [3.63, 3.8) is 0 Å². The molecule has 0 bridgehead atoms. The van der Waals surface area contributed by atoms with Crippen LogP contribution < -0.4 is 21.2 Å². The normalized spacial score (nSPS) is 12.8. The molecule has 3 rings (SSSR count). The number of benzene rings is 2. The van der Waals surface area contributed by atoms with Crippen molar-refractivity contribution >= 4 is 46.3 Å². The Kier molecular flexibility index (Phi) is 7.96.